The first kappa shape index (κ1) is 15.6. The Hall–Kier alpha value is -0.440. The van der Waals surface area contributed by atoms with Crippen molar-refractivity contribution in [2.24, 2.45) is 12.9 Å². The number of nitrogens with two attached hydrogens (primary N) is 1. The highest BCUT2D eigenvalue weighted by atomic mass is 79.9. The van der Waals surface area contributed by atoms with E-state index in [2.05, 4.69) is 26.5 Å². The number of hydrazine groups is 1. The van der Waals surface area contributed by atoms with Crippen molar-refractivity contribution < 1.29 is 8.42 Å². The molecule has 0 bridgehead atoms. The third kappa shape index (κ3) is 4.04. The molecule has 1 rings (SSSR count). The van der Waals surface area contributed by atoms with Gasteiger partial charge in [0, 0.05) is 25.8 Å². The normalized spacial score (nSPS) is 13.8. The molecule has 0 saturated carbocycles. The van der Waals surface area contributed by atoms with Crippen molar-refractivity contribution in [1.82, 2.24) is 15.2 Å². The molecule has 0 aliphatic heterocycles. The van der Waals surface area contributed by atoms with E-state index >= 15 is 0 Å². The molecule has 0 saturated heterocycles. The van der Waals surface area contributed by atoms with Gasteiger partial charge in [-0.3, -0.25) is 16.0 Å². The van der Waals surface area contributed by atoms with Gasteiger partial charge in [-0.25, -0.2) is 8.42 Å². The molecule has 18 heavy (non-hydrogen) atoms. The highest BCUT2D eigenvalue weighted by Gasteiger charge is 2.20. The summed E-state index contributed by atoms with van der Waals surface area (Å²) in [4.78, 5) is 0. The summed E-state index contributed by atoms with van der Waals surface area (Å²) in [7, 11) is -1.23. The van der Waals surface area contributed by atoms with Crippen LogP contribution in [0.3, 0.4) is 0 Å². The van der Waals surface area contributed by atoms with Crippen LogP contribution in [0.5, 0.6) is 0 Å². The summed E-state index contributed by atoms with van der Waals surface area (Å²) in [6.07, 6.45) is 2.53. The molecule has 1 heterocycles. The smallest absolute Gasteiger partial charge is 0.149 e. The minimum Gasteiger partial charge on any atom is -0.271 e. The molecule has 8 heteroatoms. The van der Waals surface area contributed by atoms with Gasteiger partial charge in [-0.2, -0.15) is 5.10 Å². The fourth-order valence-electron chi connectivity index (χ4n) is 1.81. The van der Waals surface area contributed by atoms with Crippen LogP contribution in [-0.2, 0) is 29.7 Å². The van der Waals surface area contributed by atoms with Crippen LogP contribution in [0, 0.1) is 0 Å². The Morgan fingerprint density at radius 1 is 1.56 bits per heavy atom. The second-order valence-electron chi connectivity index (χ2n) is 4.34. The number of halogens is 1. The van der Waals surface area contributed by atoms with Crippen LogP contribution in [-0.4, -0.2) is 36.2 Å². The number of aromatic nitrogens is 2. The molecule has 0 aliphatic carbocycles. The Morgan fingerprint density at radius 3 is 2.56 bits per heavy atom. The van der Waals surface area contributed by atoms with Gasteiger partial charge in [0.05, 0.1) is 21.6 Å². The zero-order valence-electron chi connectivity index (χ0n) is 10.8. The zero-order valence-corrected chi connectivity index (χ0v) is 13.2. The Labute approximate surface area is 116 Å². The van der Waals surface area contributed by atoms with Crippen molar-refractivity contribution in [2.75, 3.05) is 12.0 Å². The van der Waals surface area contributed by atoms with Gasteiger partial charge in [0.1, 0.15) is 9.84 Å². The van der Waals surface area contributed by atoms with E-state index < -0.39 is 9.84 Å². The fourth-order valence-corrected chi connectivity index (χ4v) is 3.53. The van der Waals surface area contributed by atoms with Crippen molar-refractivity contribution in [2.45, 2.75) is 25.8 Å². The molecule has 3 N–H and O–H groups in total. The molecule has 0 fully saturated rings. The van der Waals surface area contributed by atoms with Crippen molar-refractivity contribution in [3.05, 3.63) is 15.9 Å². The summed E-state index contributed by atoms with van der Waals surface area (Å²) in [5, 5.41) is 4.36. The number of hydrogen-bond donors (Lipinski definition) is 2. The van der Waals surface area contributed by atoms with E-state index in [0.717, 1.165) is 22.3 Å². The van der Waals surface area contributed by atoms with Crippen LogP contribution >= 0.6 is 15.9 Å². The maximum atomic E-state index is 11.3. The number of aryl methyl sites for hydroxylation is 2. The van der Waals surface area contributed by atoms with Gasteiger partial charge in [-0.05, 0) is 22.4 Å². The number of rotatable bonds is 6. The summed E-state index contributed by atoms with van der Waals surface area (Å²) in [5.41, 5.74) is 4.45. The lowest BCUT2D eigenvalue weighted by molar-refractivity contribution is 0.530. The maximum absolute atomic E-state index is 11.3. The molecule has 1 aromatic heterocycles. The molecule has 1 aromatic rings. The molecule has 1 unspecified atom stereocenters. The second kappa shape index (κ2) is 6.14. The quantitative estimate of drug-likeness (QED) is 0.569. The highest BCUT2D eigenvalue weighted by molar-refractivity contribution is 9.10. The van der Waals surface area contributed by atoms with Crippen molar-refractivity contribution >= 4 is 25.8 Å². The van der Waals surface area contributed by atoms with Gasteiger partial charge in [-0.1, -0.05) is 6.92 Å². The third-order valence-corrected chi connectivity index (χ3v) is 4.61. The van der Waals surface area contributed by atoms with Gasteiger partial charge in [0.2, 0.25) is 0 Å². The number of sulfone groups is 1. The molecule has 0 spiro atoms. The monoisotopic (exact) mass is 338 g/mol. The summed E-state index contributed by atoms with van der Waals surface area (Å²) in [5.74, 6) is 5.41. The molecule has 0 aliphatic rings. The topological polar surface area (TPSA) is 90.0 Å². The molecular weight excluding hydrogens is 320 g/mol. The van der Waals surface area contributed by atoms with Gasteiger partial charge >= 0.3 is 0 Å². The lowest BCUT2D eigenvalue weighted by Crippen LogP contribution is -2.42. The third-order valence-electron chi connectivity index (χ3n) is 2.68. The van der Waals surface area contributed by atoms with Crippen LogP contribution in [0.1, 0.15) is 18.3 Å². The summed E-state index contributed by atoms with van der Waals surface area (Å²) >= 11 is 3.50. The van der Waals surface area contributed by atoms with E-state index in [9.17, 15) is 8.42 Å². The SMILES string of the molecule is CCc1nn(C)c(CC(CS(C)(=O)=O)NN)c1Br. The van der Waals surface area contributed by atoms with Gasteiger partial charge < -0.3 is 0 Å². The number of nitrogens with one attached hydrogen (secondary N) is 1. The molecule has 6 nitrogen and oxygen atoms in total. The van der Waals surface area contributed by atoms with Crippen molar-refractivity contribution in [3.63, 3.8) is 0 Å². The highest BCUT2D eigenvalue weighted by Crippen LogP contribution is 2.22. The summed E-state index contributed by atoms with van der Waals surface area (Å²) in [6.45, 7) is 2.02. The van der Waals surface area contributed by atoms with Crippen molar-refractivity contribution in [3.8, 4) is 0 Å². The van der Waals surface area contributed by atoms with Crippen LogP contribution in [0.2, 0.25) is 0 Å². The Kier molecular flexibility index (Phi) is 5.32. The maximum Gasteiger partial charge on any atom is 0.149 e. The van der Waals surface area contributed by atoms with E-state index in [4.69, 9.17) is 5.84 Å². The predicted octanol–water partition coefficient (Wildman–Crippen LogP) is 0.164. The first-order chi connectivity index (χ1) is 8.28. The molecule has 0 aromatic carbocycles. The van der Waals surface area contributed by atoms with Crippen LogP contribution < -0.4 is 11.3 Å². The Bertz CT molecular complexity index is 512. The van der Waals surface area contributed by atoms with E-state index in [-0.39, 0.29) is 11.8 Å². The van der Waals surface area contributed by atoms with Crippen molar-refractivity contribution in [1.29, 1.82) is 0 Å². The lowest BCUT2D eigenvalue weighted by atomic mass is 10.1. The van der Waals surface area contributed by atoms with E-state index in [1.54, 1.807) is 4.68 Å². The average Bonchev–Trinajstić information content (AvgIpc) is 2.53. The standard InChI is InChI=1S/C10H19BrN4O2S/c1-4-8-10(11)9(15(2)14-8)5-7(13-12)6-18(3,16)17/h7,13H,4-6,12H2,1-3H3. The van der Waals surface area contributed by atoms with E-state index in [1.807, 2.05) is 14.0 Å². The molecule has 1 atom stereocenters. The minimum atomic E-state index is -3.07. The average molecular weight is 339 g/mol. The van der Waals surface area contributed by atoms with E-state index in [0.29, 0.717) is 6.42 Å². The Balaban J connectivity index is 2.92. The number of nitrogens with zero attached hydrogens (tertiary/aromatic N) is 2. The zero-order chi connectivity index (χ0) is 13.9. The lowest BCUT2D eigenvalue weighted by Gasteiger charge is -2.15. The van der Waals surface area contributed by atoms with E-state index in [1.165, 1.54) is 6.26 Å². The molecular formula is C10H19BrN4O2S. The summed E-state index contributed by atoms with van der Waals surface area (Å²) in [6, 6.07) is -0.323. The fraction of sp³-hybridized carbons (Fsp3) is 0.700. The van der Waals surface area contributed by atoms with Gasteiger partial charge in [0.15, 0.2) is 0 Å². The second-order valence-corrected chi connectivity index (χ2v) is 7.32. The first-order valence-corrected chi connectivity index (χ1v) is 8.48. The van der Waals surface area contributed by atoms with Crippen LogP contribution in [0.15, 0.2) is 4.47 Å². The largest absolute Gasteiger partial charge is 0.271 e. The molecule has 0 amide bonds. The number of hydrogen-bond acceptors (Lipinski definition) is 5. The Morgan fingerprint density at radius 2 is 2.17 bits per heavy atom. The minimum absolute atomic E-state index is 0.00256. The molecule has 0 radical (unpaired) electrons. The predicted molar refractivity (Wildman–Crippen MR) is 74.8 cm³/mol. The first-order valence-electron chi connectivity index (χ1n) is 5.62. The van der Waals surface area contributed by atoms with Crippen LogP contribution in [0.4, 0.5) is 0 Å². The van der Waals surface area contributed by atoms with Gasteiger partial charge in [0.25, 0.3) is 0 Å². The van der Waals surface area contributed by atoms with Gasteiger partial charge in [-0.15, -0.1) is 0 Å². The summed E-state index contributed by atoms with van der Waals surface area (Å²) < 4.78 is 25.3. The van der Waals surface area contributed by atoms with Crippen LogP contribution in [0.25, 0.3) is 0 Å². The molecule has 104 valence electrons.